The molecule has 1 aromatic rings. The van der Waals surface area contributed by atoms with Crippen molar-refractivity contribution in [3.05, 3.63) is 59.8 Å². The average Bonchev–Trinajstić information content (AvgIpc) is 2.65. The molecule has 0 amide bonds. The molecule has 1 rings (SSSR count). The van der Waals surface area contributed by atoms with Crippen molar-refractivity contribution in [1.29, 1.82) is 0 Å². The Morgan fingerprint density at radius 1 is 1.48 bits per heavy atom. The van der Waals surface area contributed by atoms with E-state index in [4.69, 9.17) is 9.84 Å². The van der Waals surface area contributed by atoms with E-state index in [2.05, 4.69) is 25.4 Å². The maximum atomic E-state index is 14.4. The fourth-order valence-electron chi connectivity index (χ4n) is 2.08. The fourth-order valence-corrected chi connectivity index (χ4v) is 3.02. The molecular formula is C21H28FNO3S. The zero-order valence-electron chi connectivity index (χ0n) is 16.4. The van der Waals surface area contributed by atoms with Gasteiger partial charge in [0.2, 0.25) is 0 Å². The van der Waals surface area contributed by atoms with E-state index in [1.165, 1.54) is 12.2 Å². The Kier molecular flexibility index (Phi) is 9.86. The number of nitrogens with zero attached hydrogens (tertiary/aromatic N) is 1. The van der Waals surface area contributed by atoms with Gasteiger partial charge in [-0.15, -0.1) is 11.8 Å². The minimum Gasteiger partial charge on any atom is -0.490 e. The molecule has 1 aromatic heterocycles. The molecule has 148 valence electrons. The second-order valence-electron chi connectivity index (χ2n) is 6.36. The summed E-state index contributed by atoms with van der Waals surface area (Å²) in [5, 5.41) is 10.3. The Morgan fingerprint density at radius 3 is 2.78 bits per heavy atom. The first-order valence-electron chi connectivity index (χ1n) is 8.93. The standard InChI is InChI=1S/C21H28FNO3S/c1-6-15(4)27-20-18(9-8-10-23-20)13-26-16(5)19(22)12-17(7-2)11-14(3)21(24)25/h7-10,12,14-15H,2,6,11,13H2,1,3-5H3,(H,24,25)/b17-12+,19-16-. The predicted octanol–water partition coefficient (Wildman–Crippen LogP) is 5.91. The topological polar surface area (TPSA) is 59.4 Å². The van der Waals surface area contributed by atoms with E-state index in [1.54, 1.807) is 31.8 Å². The third-order valence-electron chi connectivity index (χ3n) is 4.06. The number of carboxylic acid groups (broad SMARTS) is 1. The molecule has 0 aliphatic heterocycles. The molecule has 1 heterocycles. The van der Waals surface area contributed by atoms with E-state index < -0.39 is 17.7 Å². The van der Waals surface area contributed by atoms with Crippen LogP contribution in [0.4, 0.5) is 4.39 Å². The van der Waals surface area contributed by atoms with Crippen LogP contribution >= 0.6 is 11.8 Å². The van der Waals surface area contributed by atoms with Crippen molar-refractivity contribution in [3.63, 3.8) is 0 Å². The normalized spacial score (nSPS) is 14.9. The molecule has 2 unspecified atom stereocenters. The van der Waals surface area contributed by atoms with Crippen molar-refractivity contribution in [3.8, 4) is 0 Å². The van der Waals surface area contributed by atoms with Crippen molar-refractivity contribution in [2.45, 2.75) is 57.4 Å². The number of ether oxygens (including phenoxy) is 1. The predicted molar refractivity (Wildman–Crippen MR) is 108 cm³/mol. The van der Waals surface area contributed by atoms with Crippen LogP contribution in [-0.2, 0) is 16.1 Å². The average molecular weight is 394 g/mol. The van der Waals surface area contributed by atoms with E-state index >= 15 is 0 Å². The first-order valence-corrected chi connectivity index (χ1v) is 9.81. The van der Waals surface area contributed by atoms with Gasteiger partial charge >= 0.3 is 5.97 Å². The zero-order valence-corrected chi connectivity index (χ0v) is 17.2. The van der Waals surface area contributed by atoms with Crippen LogP contribution in [0.25, 0.3) is 0 Å². The summed E-state index contributed by atoms with van der Waals surface area (Å²) >= 11 is 1.67. The summed E-state index contributed by atoms with van der Waals surface area (Å²) in [5.74, 6) is -1.94. The van der Waals surface area contributed by atoms with Crippen molar-refractivity contribution in [2.75, 3.05) is 0 Å². The summed E-state index contributed by atoms with van der Waals surface area (Å²) in [5.41, 5.74) is 1.42. The molecule has 0 spiro atoms. The number of rotatable bonds is 11. The molecule has 6 heteroatoms. The van der Waals surface area contributed by atoms with Gasteiger partial charge in [0, 0.05) is 17.0 Å². The van der Waals surface area contributed by atoms with Crippen LogP contribution in [0.3, 0.4) is 0 Å². The van der Waals surface area contributed by atoms with Crippen LogP contribution < -0.4 is 0 Å². The number of thioether (sulfide) groups is 1. The molecule has 27 heavy (non-hydrogen) atoms. The lowest BCUT2D eigenvalue weighted by Gasteiger charge is -2.13. The Bertz CT molecular complexity index is 715. The molecule has 2 atom stereocenters. The highest BCUT2D eigenvalue weighted by atomic mass is 32.2. The molecule has 0 saturated heterocycles. The summed E-state index contributed by atoms with van der Waals surface area (Å²) in [6.45, 7) is 11.2. The second-order valence-corrected chi connectivity index (χ2v) is 7.79. The number of pyridine rings is 1. The van der Waals surface area contributed by atoms with Crippen LogP contribution in [0.2, 0.25) is 0 Å². The summed E-state index contributed by atoms with van der Waals surface area (Å²) in [6.07, 6.45) is 5.71. The molecule has 4 nitrogen and oxygen atoms in total. The number of allylic oxidation sites excluding steroid dienone is 5. The summed E-state index contributed by atoms with van der Waals surface area (Å²) in [7, 11) is 0. The summed E-state index contributed by atoms with van der Waals surface area (Å²) in [6, 6.07) is 3.75. The number of halogens is 1. The SMILES string of the molecule is C=C/C(=C\C(F)=C(/C)OCc1cccnc1SC(C)CC)CC(C)C(=O)O. The van der Waals surface area contributed by atoms with Crippen LogP contribution in [0, 0.1) is 5.92 Å². The van der Waals surface area contributed by atoms with E-state index in [0.717, 1.165) is 17.0 Å². The minimum atomic E-state index is -0.928. The third-order valence-corrected chi connectivity index (χ3v) is 5.38. The monoisotopic (exact) mass is 393 g/mol. The van der Waals surface area contributed by atoms with Gasteiger partial charge in [-0.05, 0) is 37.5 Å². The number of carboxylic acids is 1. The Morgan fingerprint density at radius 2 is 2.19 bits per heavy atom. The van der Waals surface area contributed by atoms with Crippen molar-refractivity contribution in [1.82, 2.24) is 4.98 Å². The highest BCUT2D eigenvalue weighted by Crippen LogP contribution is 2.27. The molecule has 1 N–H and O–H groups in total. The number of aromatic nitrogens is 1. The molecule has 0 bridgehead atoms. The third kappa shape index (κ3) is 7.99. The van der Waals surface area contributed by atoms with E-state index in [0.29, 0.717) is 10.8 Å². The quantitative estimate of drug-likeness (QED) is 0.287. The van der Waals surface area contributed by atoms with Gasteiger partial charge in [0.15, 0.2) is 5.83 Å². The molecule has 0 aliphatic carbocycles. The smallest absolute Gasteiger partial charge is 0.306 e. The lowest BCUT2D eigenvalue weighted by molar-refractivity contribution is -0.141. The maximum absolute atomic E-state index is 14.4. The Labute approximate surface area is 165 Å². The maximum Gasteiger partial charge on any atom is 0.306 e. The molecular weight excluding hydrogens is 365 g/mol. The fraction of sp³-hybridized carbons (Fsp3) is 0.429. The molecule has 0 fully saturated rings. The van der Waals surface area contributed by atoms with Gasteiger partial charge in [-0.2, -0.15) is 0 Å². The van der Waals surface area contributed by atoms with Gasteiger partial charge in [0.1, 0.15) is 17.4 Å². The zero-order chi connectivity index (χ0) is 20.4. The van der Waals surface area contributed by atoms with Crippen LogP contribution in [0.15, 0.2) is 59.2 Å². The van der Waals surface area contributed by atoms with Crippen molar-refractivity contribution < 1.29 is 19.0 Å². The van der Waals surface area contributed by atoms with E-state index in [9.17, 15) is 9.18 Å². The molecule has 0 radical (unpaired) electrons. The molecule has 0 saturated carbocycles. The van der Waals surface area contributed by atoms with Gasteiger partial charge < -0.3 is 9.84 Å². The number of aliphatic carboxylic acids is 1. The van der Waals surface area contributed by atoms with Gasteiger partial charge in [0.25, 0.3) is 0 Å². The van der Waals surface area contributed by atoms with E-state index in [-0.39, 0.29) is 18.8 Å². The summed E-state index contributed by atoms with van der Waals surface area (Å²) in [4.78, 5) is 15.4. The highest BCUT2D eigenvalue weighted by molar-refractivity contribution is 7.99. The minimum absolute atomic E-state index is 0.140. The van der Waals surface area contributed by atoms with Gasteiger partial charge in [0.05, 0.1) is 5.92 Å². The Balaban J connectivity index is 2.85. The van der Waals surface area contributed by atoms with Crippen LogP contribution in [0.1, 0.15) is 46.1 Å². The van der Waals surface area contributed by atoms with Gasteiger partial charge in [-0.25, -0.2) is 9.37 Å². The number of hydrogen-bond acceptors (Lipinski definition) is 4. The lowest BCUT2D eigenvalue weighted by Crippen LogP contribution is -2.09. The van der Waals surface area contributed by atoms with Crippen molar-refractivity contribution >= 4 is 17.7 Å². The van der Waals surface area contributed by atoms with E-state index in [1.807, 2.05) is 12.1 Å². The van der Waals surface area contributed by atoms with Gasteiger partial charge in [-0.1, -0.05) is 39.5 Å². The number of carbonyl (C=O) groups is 1. The molecule has 0 aliphatic rings. The van der Waals surface area contributed by atoms with Crippen LogP contribution in [-0.4, -0.2) is 21.3 Å². The second kappa shape index (κ2) is 11.6. The largest absolute Gasteiger partial charge is 0.490 e. The first kappa shape index (κ1) is 23.0. The molecule has 0 aromatic carbocycles. The van der Waals surface area contributed by atoms with Crippen molar-refractivity contribution in [2.24, 2.45) is 5.92 Å². The van der Waals surface area contributed by atoms with Gasteiger partial charge in [-0.3, -0.25) is 4.79 Å². The lowest BCUT2D eigenvalue weighted by atomic mass is 10.0. The van der Waals surface area contributed by atoms with Crippen LogP contribution in [0.5, 0.6) is 0 Å². The highest BCUT2D eigenvalue weighted by Gasteiger charge is 2.13. The number of hydrogen-bond donors (Lipinski definition) is 1. The summed E-state index contributed by atoms with van der Waals surface area (Å²) < 4.78 is 20.0. The Hall–Kier alpha value is -2.08. The first-order chi connectivity index (χ1) is 12.8.